The van der Waals surface area contributed by atoms with Crippen molar-refractivity contribution in [3.05, 3.63) is 46.2 Å². The summed E-state index contributed by atoms with van der Waals surface area (Å²) in [6.45, 7) is 1.19. The fraction of sp³-hybridized carbons (Fsp3) is 0.188. The highest BCUT2D eigenvalue weighted by Crippen LogP contribution is 2.27. The van der Waals surface area contributed by atoms with E-state index in [0.717, 1.165) is 0 Å². The van der Waals surface area contributed by atoms with Crippen molar-refractivity contribution in [1.29, 1.82) is 5.26 Å². The second kappa shape index (κ2) is 7.53. The van der Waals surface area contributed by atoms with E-state index in [2.05, 4.69) is 10.1 Å². The van der Waals surface area contributed by atoms with Gasteiger partial charge in [-0.25, -0.2) is 4.79 Å². The average Bonchev–Trinajstić information content (AvgIpc) is 2.88. The number of aryl methyl sites for hydroxylation is 1. The van der Waals surface area contributed by atoms with Gasteiger partial charge in [-0.1, -0.05) is 11.6 Å². The van der Waals surface area contributed by atoms with Crippen LogP contribution in [-0.4, -0.2) is 25.6 Å². The first-order chi connectivity index (χ1) is 11.5. The lowest BCUT2D eigenvalue weighted by atomic mass is 10.1. The van der Waals surface area contributed by atoms with Crippen LogP contribution in [0.4, 0.5) is 5.88 Å². The molecule has 0 saturated carbocycles. The highest BCUT2D eigenvalue weighted by Gasteiger charge is 2.25. The van der Waals surface area contributed by atoms with Gasteiger partial charge in [0.05, 0.1) is 7.11 Å². The molecule has 124 valence electrons. The van der Waals surface area contributed by atoms with Crippen LogP contribution < -0.4 is 10.1 Å². The predicted octanol–water partition coefficient (Wildman–Crippen LogP) is 2.92. The Kier molecular flexibility index (Phi) is 5.45. The fourth-order valence-electron chi connectivity index (χ4n) is 1.93. The van der Waals surface area contributed by atoms with Gasteiger partial charge in [0, 0.05) is 5.02 Å². The largest absolute Gasteiger partial charge is 0.484 e. The van der Waals surface area contributed by atoms with Crippen molar-refractivity contribution in [3.63, 3.8) is 0 Å². The number of esters is 1. The van der Waals surface area contributed by atoms with Crippen LogP contribution in [0.1, 0.15) is 21.7 Å². The van der Waals surface area contributed by atoms with Crippen LogP contribution in [0.15, 0.2) is 28.7 Å². The zero-order valence-corrected chi connectivity index (χ0v) is 13.6. The molecule has 8 heteroatoms. The van der Waals surface area contributed by atoms with Gasteiger partial charge in [-0.2, -0.15) is 5.26 Å². The Morgan fingerprint density at radius 1 is 1.33 bits per heavy atom. The number of amides is 1. The van der Waals surface area contributed by atoms with E-state index >= 15 is 0 Å². The number of rotatable bonds is 5. The number of carbonyl (C=O) groups excluding carboxylic acids is 2. The normalized spacial score (nSPS) is 9.92. The first-order valence-electron chi connectivity index (χ1n) is 6.76. The molecule has 0 spiro atoms. The van der Waals surface area contributed by atoms with Crippen LogP contribution in [0, 0.1) is 18.3 Å². The lowest BCUT2D eigenvalue weighted by molar-refractivity contribution is -0.118. The predicted molar refractivity (Wildman–Crippen MR) is 85.1 cm³/mol. The van der Waals surface area contributed by atoms with Crippen LogP contribution >= 0.6 is 11.6 Å². The number of anilines is 1. The molecule has 2 rings (SSSR count). The van der Waals surface area contributed by atoms with Gasteiger partial charge in [0.15, 0.2) is 6.61 Å². The van der Waals surface area contributed by atoms with E-state index in [-0.39, 0.29) is 29.4 Å². The summed E-state index contributed by atoms with van der Waals surface area (Å²) in [5, 5.41) is 12.1. The summed E-state index contributed by atoms with van der Waals surface area (Å²) >= 11 is 5.75. The van der Waals surface area contributed by atoms with Crippen LogP contribution in [-0.2, 0) is 9.53 Å². The summed E-state index contributed by atoms with van der Waals surface area (Å²) in [4.78, 5) is 23.6. The molecule has 0 bridgehead atoms. The van der Waals surface area contributed by atoms with E-state index in [1.165, 1.54) is 14.0 Å². The van der Waals surface area contributed by atoms with Gasteiger partial charge in [-0.05, 0) is 31.2 Å². The number of benzene rings is 1. The van der Waals surface area contributed by atoms with Gasteiger partial charge in [-0.15, -0.1) is 0 Å². The topological polar surface area (TPSA) is 102 Å². The Balaban J connectivity index is 2.08. The van der Waals surface area contributed by atoms with Crippen molar-refractivity contribution in [3.8, 4) is 11.8 Å². The zero-order valence-electron chi connectivity index (χ0n) is 12.9. The van der Waals surface area contributed by atoms with E-state index in [1.54, 1.807) is 24.3 Å². The summed E-state index contributed by atoms with van der Waals surface area (Å²) < 4.78 is 15.2. The molecule has 24 heavy (non-hydrogen) atoms. The molecule has 0 aliphatic carbocycles. The third kappa shape index (κ3) is 3.86. The number of nitriles is 1. The van der Waals surface area contributed by atoms with Crippen LogP contribution in [0.5, 0.6) is 5.75 Å². The maximum Gasteiger partial charge on any atom is 0.342 e. The van der Waals surface area contributed by atoms with Crippen LogP contribution in [0.2, 0.25) is 5.02 Å². The maximum atomic E-state index is 11.9. The van der Waals surface area contributed by atoms with Gasteiger partial charge in [0.25, 0.3) is 5.91 Å². The maximum absolute atomic E-state index is 11.9. The van der Waals surface area contributed by atoms with E-state index < -0.39 is 11.9 Å². The number of furan rings is 1. The molecule has 0 aliphatic heterocycles. The molecular formula is C16H13ClN2O5. The van der Waals surface area contributed by atoms with Crippen LogP contribution in [0.25, 0.3) is 0 Å². The molecule has 7 nitrogen and oxygen atoms in total. The molecule has 1 amide bonds. The fourth-order valence-corrected chi connectivity index (χ4v) is 2.06. The van der Waals surface area contributed by atoms with Crippen molar-refractivity contribution in [2.24, 2.45) is 0 Å². The third-order valence-electron chi connectivity index (χ3n) is 3.02. The second-order valence-corrected chi connectivity index (χ2v) is 5.07. The lowest BCUT2D eigenvalue weighted by Crippen LogP contribution is -2.20. The summed E-state index contributed by atoms with van der Waals surface area (Å²) in [6.07, 6.45) is 0. The number of ether oxygens (including phenoxy) is 2. The minimum Gasteiger partial charge on any atom is -0.484 e. The van der Waals surface area contributed by atoms with Crippen molar-refractivity contribution in [2.45, 2.75) is 6.92 Å². The Morgan fingerprint density at radius 3 is 2.58 bits per heavy atom. The van der Waals surface area contributed by atoms with Gasteiger partial charge in [0.2, 0.25) is 5.88 Å². The van der Waals surface area contributed by atoms with Crippen LogP contribution in [0.3, 0.4) is 0 Å². The molecule has 2 aromatic rings. The number of nitrogens with zero attached hydrogens (tertiary/aromatic N) is 1. The molecule has 1 aromatic carbocycles. The molecular weight excluding hydrogens is 336 g/mol. The Morgan fingerprint density at radius 2 is 2.00 bits per heavy atom. The van der Waals surface area contributed by atoms with Gasteiger partial charge >= 0.3 is 5.97 Å². The number of hydrogen-bond acceptors (Lipinski definition) is 6. The average molecular weight is 349 g/mol. The smallest absolute Gasteiger partial charge is 0.342 e. The molecule has 1 N–H and O–H groups in total. The van der Waals surface area contributed by atoms with Gasteiger partial charge in [-0.3, -0.25) is 10.1 Å². The number of hydrogen-bond donors (Lipinski definition) is 1. The summed E-state index contributed by atoms with van der Waals surface area (Å²) in [7, 11) is 1.19. The molecule has 0 atom stereocenters. The minimum atomic E-state index is -0.717. The standard InChI is InChI=1S/C16H13ClN2O5/c1-9-14(16(21)22-2)12(7-18)15(24-9)19-13(20)8-23-11-5-3-10(17)4-6-11/h3-6H,8H2,1-2H3,(H,19,20). The molecule has 0 fully saturated rings. The Bertz CT molecular complexity index is 805. The van der Waals surface area contributed by atoms with E-state index in [1.807, 2.05) is 6.07 Å². The SMILES string of the molecule is COC(=O)c1c(C)oc(NC(=O)COc2ccc(Cl)cc2)c1C#N. The van der Waals surface area contributed by atoms with Crippen molar-refractivity contribution >= 4 is 29.4 Å². The molecule has 0 aliphatic rings. The van der Waals surface area contributed by atoms with Gasteiger partial charge in [0.1, 0.15) is 28.7 Å². The Hall–Kier alpha value is -2.98. The zero-order chi connectivity index (χ0) is 17.7. The van der Waals surface area contributed by atoms with Crippen molar-refractivity contribution in [1.82, 2.24) is 0 Å². The molecule has 0 radical (unpaired) electrons. The number of nitrogens with one attached hydrogen (secondary N) is 1. The number of methoxy groups -OCH3 is 1. The minimum absolute atomic E-state index is 0.0195. The third-order valence-corrected chi connectivity index (χ3v) is 3.27. The van der Waals surface area contributed by atoms with E-state index in [4.69, 9.17) is 20.8 Å². The highest BCUT2D eigenvalue weighted by atomic mass is 35.5. The summed E-state index contributed by atoms with van der Waals surface area (Å²) in [6, 6.07) is 8.30. The summed E-state index contributed by atoms with van der Waals surface area (Å²) in [5.74, 6) is -0.759. The molecule has 1 heterocycles. The van der Waals surface area contributed by atoms with E-state index in [0.29, 0.717) is 10.8 Å². The van der Waals surface area contributed by atoms with Crippen molar-refractivity contribution < 1.29 is 23.5 Å². The lowest BCUT2D eigenvalue weighted by Gasteiger charge is -2.06. The highest BCUT2D eigenvalue weighted by molar-refractivity contribution is 6.30. The van der Waals surface area contributed by atoms with Gasteiger partial charge < -0.3 is 13.9 Å². The monoisotopic (exact) mass is 348 g/mol. The van der Waals surface area contributed by atoms with E-state index in [9.17, 15) is 14.9 Å². The Labute approximate surface area is 142 Å². The molecule has 0 saturated heterocycles. The number of carbonyl (C=O) groups is 2. The molecule has 0 unspecified atom stereocenters. The first kappa shape index (κ1) is 17.4. The number of halogens is 1. The van der Waals surface area contributed by atoms with Crippen molar-refractivity contribution in [2.75, 3.05) is 19.0 Å². The first-order valence-corrected chi connectivity index (χ1v) is 7.14. The quantitative estimate of drug-likeness (QED) is 0.833. The molecule has 1 aromatic heterocycles. The second-order valence-electron chi connectivity index (χ2n) is 4.63. The summed E-state index contributed by atoms with van der Waals surface area (Å²) in [5.41, 5.74) is -0.117.